The third-order valence-electron chi connectivity index (χ3n) is 3.71. The highest BCUT2D eigenvalue weighted by Crippen LogP contribution is 2.30. The van der Waals surface area contributed by atoms with Crippen molar-refractivity contribution in [3.05, 3.63) is 12.4 Å². The second kappa shape index (κ2) is 5.76. The Morgan fingerprint density at radius 3 is 2.81 bits per heavy atom. The van der Waals surface area contributed by atoms with Gasteiger partial charge in [0, 0.05) is 31.5 Å². The Balaban J connectivity index is 1.67. The number of rotatable bonds is 6. The quantitative estimate of drug-likeness (QED) is 0.825. The molecular formula is C13H20N4O3S. The lowest BCUT2D eigenvalue weighted by molar-refractivity contribution is 0.326. The maximum atomic E-state index is 12.0. The fourth-order valence-electron chi connectivity index (χ4n) is 2.53. The van der Waals surface area contributed by atoms with Gasteiger partial charge in [-0.15, -0.1) is 0 Å². The molecule has 21 heavy (non-hydrogen) atoms. The van der Waals surface area contributed by atoms with E-state index in [1.165, 1.54) is 0 Å². The highest BCUT2D eigenvalue weighted by atomic mass is 32.2. The molecule has 7 nitrogen and oxygen atoms in total. The average Bonchev–Trinajstić information content (AvgIpc) is 3.22. The van der Waals surface area contributed by atoms with Gasteiger partial charge < -0.3 is 9.64 Å². The molecule has 2 fully saturated rings. The molecule has 0 unspecified atom stereocenters. The van der Waals surface area contributed by atoms with E-state index in [0.717, 1.165) is 25.8 Å². The summed E-state index contributed by atoms with van der Waals surface area (Å²) in [5.41, 5.74) is 0. The predicted octanol–water partition coefficient (Wildman–Crippen LogP) is 0.536. The summed E-state index contributed by atoms with van der Waals surface area (Å²) < 4.78 is 32.2. The van der Waals surface area contributed by atoms with Gasteiger partial charge in [-0.2, -0.15) is 0 Å². The smallest absolute Gasteiger partial charge is 0.257 e. The molecule has 1 aromatic rings. The average molecular weight is 312 g/mol. The topological polar surface area (TPSA) is 84.4 Å². The summed E-state index contributed by atoms with van der Waals surface area (Å²) in [7, 11) is -3.14. The molecule has 1 atom stereocenters. The van der Waals surface area contributed by atoms with Crippen LogP contribution >= 0.6 is 0 Å². The van der Waals surface area contributed by atoms with E-state index in [4.69, 9.17) is 4.74 Å². The minimum absolute atomic E-state index is 0.0629. The Hall–Kier alpha value is -1.41. The lowest BCUT2D eigenvalue weighted by atomic mass is 10.3. The molecule has 0 bridgehead atoms. The van der Waals surface area contributed by atoms with Gasteiger partial charge in [-0.25, -0.2) is 23.1 Å². The zero-order valence-corrected chi connectivity index (χ0v) is 12.8. The summed E-state index contributed by atoms with van der Waals surface area (Å²) in [6.07, 6.45) is 5.56. The van der Waals surface area contributed by atoms with Gasteiger partial charge in [0.15, 0.2) is 5.82 Å². The predicted molar refractivity (Wildman–Crippen MR) is 78.9 cm³/mol. The number of nitrogens with one attached hydrogen (secondary N) is 1. The Labute approximate surface area is 124 Å². The zero-order valence-electron chi connectivity index (χ0n) is 12.0. The molecule has 1 aromatic heterocycles. The lowest BCUT2D eigenvalue weighted by Gasteiger charge is -2.19. The summed E-state index contributed by atoms with van der Waals surface area (Å²) in [6.45, 7) is 3.77. The minimum atomic E-state index is -3.14. The molecule has 1 saturated heterocycles. The van der Waals surface area contributed by atoms with Crippen LogP contribution in [0.4, 0.5) is 5.82 Å². The van der Waals surface area contributed by atoms with Crippen molar-refractivity contribution in [1.29, 1.82) is 0 Å². The summed E-state index contributed by atoms with van der Waals surface area (Å²) in [6, 6.07) is -0.0629. The van der Waals surface area contributed by atoms with Crippen molar-refractivity contribution < 1.29 is 13.2 Å². The van der Waals surface area contributed by atoms with E-state index in [9.17, 15) is 8.42 Å². The molecule has 1 aliphatic heterocycles. The van der Waals surface area contributed by atoms with Crippen LogP contribution in [0.2, 0.25) is 0 Å². The first-order valence-corrected chi connectivity index (χ1v) is 8.84. The van der Waals surface area contributed by atoms with Crippen LogP contribution in [-0.2, 0) is 10.0 Å². The molecule has 0 spiro atoms. The van der Waals surface area contributed by atoms with Gasteiger partial charge in [-0.05, 0) is 26.2 Å². The minimum Gasteiger partial charge on any atom is -0.475 e. The highest BCUT2D eigenvalue weighted by molar-refractivity contribution is 7.90. The molecule has 1 saturated carbocycles. The monoisotopic (exact) mass is 312 g/mol. The normalized spacial score (nSPS) is 22.5. The zero-order chi connectivity index (χ0) is 14.9. The van der Waals surface area contributed by atoms with Crippen LogP contribution in [-0.4, -0.2) is 49.4 Å². The van der Waals surface area contributed by atoms with Crippen molar-refractivity contribution in [2.45, 2.75) is 37.5 Å². The molecule has 0 radical (unpaired) electrons. The Morgan fingerprint density at radius 1 is 1.33 bits per heavy atom. The van der Waals surface area contributed by atoms with Crippen molar-refractivity contribution >= 4 is 15.8 Å². The summed E-state index contributed by atoms with van der Waals surface area (Å²) in [5.74, 6) is 1.19. The van der Waals surface area contributed by atoms with E-state index >= 15 is 0 Å². The van der Waals surface area contributed by atoms with Gasteiger partial charge in [0.2, 0.25) is 10.0 Å². The van der Waals surface area contributed by atoms with E-state index in [1.807, 2.05) is 11.8 Å². The van der Waals surface area contributed by atoms with Crippen LogP contribution in [0.1, 0.15) is 26.2 Å². The van der Waals surface area contributed by atoms with E-state index in [-0.39, 0.29) is 11.3 Å². The van der Waals surface area contributed by atoms with Gasteiger partial charge in [0.25, 0.3) is 5.88 Å². The Kier molecular flexibility index (Phi) is 3.99. The Bertz CT molecular complexity index is 603. The fraction of sp³-hybridized carbons (Fsp3) is 0.692. The van der Waals surface area contributed by atoms with Crippen molar-refractivity contribution in [3.8, 4) is 5.88 Å². The van der Waals surface area contributed by atoms with Crippen LogP contribution in [0, 0.1) is 0 Å². The van der Waals surface area contributed by atoms with Crippen molar-refractivity contribution in [2.75, 3.05) is 24.6 Å². The molecule has 0 amide bonds. The van der Waals surface area contributed by atoms with Crippen LogP contribution in [0.5, 0.6) is 5.88 Å². The molecule has 2 aliphatic rings. The second-order valence-electron chi connectivity index (χ2n) is 5.41. The maximum absolute atomic E-state index is 12.0. The molecule has 8 heteroatoms. The SMILES string of the molecule is CCOc1nccnc1N1CC[C@@H](NS(=O)(=O)C2CC2)C1. The summed E-state index contributed by atoms with van der Waals surface area (Å²) >= 11 is 0. The first-order chi connectivity index (χ1) is 10.1. The van der Waals surface area contributed by atoms with Gasteiger partial charge in [0.1, 0.15) is 0 Å². The van der Waals surface area contributed by atoms with E-state index in [1.54, 1.807) is 12.4 Å². The first-order valence-electron chi connectivity index (χ1n) is 7.30. The van der Waals surface area contributed by atoms with Crippen molar-refractivity contribution in [2.24, 2.45) is 0 Å². The number of sulfonamides is 1. The number of hydrogen-bond acceptors (Lipinski definition) is 6. The maximum Gasteiger partial charge on any atom is 0.257 e. The second-order valence-corrected chi connectivity index (χ2v) is 7.40. The first kappa shape index (κ1) is 14.5. The van der Waals surface area contributed by atoms with Gasteiger partial charge >= 0.3 is 0 Å². The van der Waals surface area contributed by atoms with Crippen LogP contribution < -0.4 is 14.4 Å². The lowest BCUT2D eigenvalue weighted by Crippen LogP contribution is -2.39. The van der Waals surface area contributed by atoms with Crippen molar-refractivity contribution in [1.82, 2.24) is 14.7 Å². The molecule has 3 rings (SSSR count). The highest BCUT2D eigenvalue weighted by Gasteiger charge is 2.38. The van der Waals surface area contributed by atoms with E-state index < -0.39 is 10.0 Å². The number of anilines is 1. The van der Waals surface area contributed by atoms with Crippen LogP contribution in [0.3, 0.4) is 0 Å². The molecule has 1 aliphatic carbocycles. The van der Waals surface area contributed by atoms with E-state index in [0.29, 0.717) is 24.8 Å². The van der Waals surface area contributed by atoms with Crippen LogP contribution in [0.15, 0.2) is 12.4 Å². The number of ether oxygens (including phenoxy) is 1. The number of aromatic nitrogens is 2. The van der Waals surface area contributed by atoms with Gasteiger partial charge in [-0.3, -0.25) is 0 Å². The molecular weight excluding hydrogens is 292 g/mol. The molecule has 2 heterocycles. The largest absolute Gasteiger partial charge is 0.475 e. The summed E-state index contributed by atoms with van der Waals surface area (Å²) in [4.78, 5) is 10.5. The standard InChI is InChI=1S/C13H20N4O3S/c1-2-20-13-12(14-6-7-15-13)17-8-5-10(9-17)16-21(18,19)11-3-4-11/h6-7,10-11,16H,2-5,8-9H2,1H3/t10-/m1/s1. The number of nitrogens with zero attached hydrogens (tertiary/aromatic N) is 3. The third-order valence-corrected chi connectivity index (χ3v) is 5.72. The molecule has 0 aromatic carbocycles. The third kappa shape index (κ3) is 3.26. The summed E-state index contributed by atoms with van der Waals surface area (Å²) in [5, 5.41) is -0.179. The van der Waals surface area contributed by atoms with Gasteiger partial charge in [0.05, 0.1) is 11.9 Å². The molecule has 1 N–H and O–H groups in total. The van der Waals surface area contributed by atoms with Crippen molar-refractivity contribution in [3.63, 3.8) is 0 Å². The van der Waals surface area contributed by atoms with E-state index in [2.05, 4.69) is 14.7 Å². The number of hydrogen-bond donors (Lipinski definition) is 1. The fourth-order valence-corrected chi connectivity index (χ4v) is 4.14. The van der Waals surface area contributed by atoms with Gasteiger partial charge in [-0.1, -0.05) is 0 Å². The molecule has 116 valence electrons. The Morgan fingerprint density at radius 2 is 2.10 bits per heavy atom. The van der Waals surface area contributed by atoms with Crippen LogP contribution in [0.25, 0.3) is 0 Å².